The smallest absolute Gasteiger partial charge is 0.329 e. The van der Waals surface area contributed by atoms with Gasteiger partial charge in [-0.1, -0.05) is 6.07 Å². The fraction of sp³-hybridized carbons (Fsp3) is 0.273. The molecule has 8 heteroatoms. The molecule has 1 heterocycles. The Labute approximate surface area is 173 Å². The third-order valence-corrected chi connectivity index (χ3v) is 4.63. The molecule has 158 valence electrons. The van der Waals surface area contributed by atoms with Crippen LogP contribution in [0.15, 0.2) is 42.6 Å². The number of carboxylic acid groups (broad SMARTS) is 1. The highest BCUT2D eigenvalue weighted by atomic mass is 16.5. The number of aromatic nitrogens is 1. The first kappa shape index (κ1) is 21.2. The van der Waals surface area contributed by atoms with E-state index in [1.807, 2.05) is 12.1 Å². The summed E-state index contributed by atoms with van der Waals surface area (Å²) in [6.07, 6.45) is 0.879. The lowest BCUT2D eigenvalue weighted by Crippen LogP contribution is -2.15. The van der Waals surface area contributed by atoms with Crippen molar-refractivity contribution in [3.63, 3.8) is 0 Å². The average molecular weight is 413 g/mol. The van der Waals surface area contributed by atoms with Gasteiger partial charge in [0.15, 0.2) is 23.0 Å². The van der Waals surface area contributed by atoms with Gasteiger partial charge in [0.25, 0.3) is 0 Å². The standard InChI is InChI=1S/C22H23NO7/c1-26-16-6-5-14(10-17(16)27-2)22(30-12-20(24)25)21-15-11-19(29-4)18(28-3)9-13(15)7-8-23-21/h5-11,22H,12H2,1-4H3,(H,24,25)/t22-/m1/s1. The van der Waals surface area contributed by atoms with E-state index in [4.69, 9.17) is 23.7 Å². The molecule has 2 aromatic carbocycles. The largest absolute Gasteiger partial charge is 0.493 e. The van der Waals surface area contributed by atoms with E-state index >= 15 is 0 Å². The van der Waals surface area contributed by atoms with Gasteiger partial charge in [-0.3, -0.25) is 4.98 Å². The summed E-state index contributed by atoms with van der Waals surface area (Å²) in [7, 11) is 6.19. The zero-order chi connectivity index (χ0) is 21.7. The first-order valence-electron chi connectivity index (χ1n) is 9.08. The van der Waals surface area contributed by atoms with Crippen molar-refractivity contribution in [2.45, 2.75) is 6.10 Å². The molecule has 8 nitrogen and oxygen atoms in total. The number of benzene rings is 2. The predicted octanol–water partition coefficient (Wildman–Crippen LogP) is 3.46. The molecule has 0 spiro atoms. The Kier molecular flexibility index (Phi) is 6.58. The molecular weight excluding hydrogens is 390 g/mol. The van der Waals surface area contributed by atoms with Crippen LogP contribution in [0.25, 0.3) is 10.8 Å². The van der Waals surface area contributed by atoms with Gasteiger partial charge in [0.2, 0.25) is 0 Å². The molecule has 3 aromatic rings. The first-order valence-corrected chi connectivity index (χ1v) is 9.08. The van der Waals surface area contributed by atoms with Crippen LogP contribution in [0.3, 0.4) is 0 Å². The number of pyridine rings is 1. The van der Waals surface area contributed by atoms with E-state index in [0.717, 1.165) is 10.8 Å². The fourth-order valence-corrected chi connectivity index (χ4v) is 3.23. The Balaban J connectivity index is 2.19. The molecule has 0 radical (unpaired) electrons. The Bertz CT molecular complexity index is 1050. The summed E-state index contributed by atoms with van der Waals surface area (Å²) in [5.41, 5.74) is 1.21. The van der Waals surface area contributed by atoms with Crippen molar-refractivity contribution in [2.75, 3.05) is 35.0 Å². The highest BCUT2D eigenvalue weighted by molar-refractivity contribution is 5.88. The number of ether oxygens (including phenoxy) is 5. The van der Waals surface area contributed by atoms with E-state index in [9.17, 15) is 9.90 Å². The number of nitrogens with zero attached hydrogens (tertiary/aromatic N) is 1. The van der Waals surface area contributed by atoms with E-state index in [-0.39, 0.29) is 0 Å². The van der Waals surface area contributed by atoms with E-state index in [1.54, 1.807) is 51.8 Å². The second-order valence-corrected chi connectivity index (χ2v) is 6.32. The minimum absolute atomic E-state index is 0.496. The maximum Gasteiger partial charge on any atom is 0.329 e. The average Bonchev–Trinajstić information content (AvgIpc) is 2.77. The van der Waals surface area contributed by atoms with Crippen LogP contribution in [-0.4, -0.2) is 51.1 Å². The zero-order valence-electron chi connectivity index (χ0n) is 17.2. The number of hydrogen-bond acceptors (Lipinski definition) is 7. The molecule has 3 rings (SSSR count). The van der Waals surface area contributed by atoms with Gasteiger partial charge in [-0.2, -0.15) is 0 Å². The number of fused-ring (bicyclic) bond motifs is 1. The van der Waals surface area contributed by atoms with Crippen LogP contribution in [0, 0.1) is 0 Å². The topological polar surface area (TPSA) is 96.3 Å². The summed E-state index contributed by atoms with van der Waals surface area (Å²) in [5, 5.41) is 10.8. The molecule has 0 aliphatic heterocycles. The SMILES string of the molecule is COc1ccc([C@@H](OCC(=O)O)c2nccc3cc(OC)c(OC)cc23)cc1OC. The summed E-state index contributed by atoms with van der Waals surface area (Å²) in [6.45, 7) is -0.496. The van der Waals surface area contributed by atoms with Crippen molar-refractivity contribution in [2.24, 2.45) is 0 Å². The Hall–Kier alpha value is -3.52. The molecule has 0 bridgehead atoms. The number of methoxy groups -OCH3 is 4. The number of hydrogen-bond donors (Lipinski definition) is 1. The molecule has 1 aromatic heterocycles. The molecule has 1 N–H and O–H groups in total. The van der Waals surface area contributed by atoms with Crippen LogP contribution < -0.4 is 18.9 Å². The van der Waals surface area contributed by atoms with Crippen LogP contribution in [-0.2, 0) is 9.53 Å². The highest BCUT2D eigenvalue weighted by Gasteiger charge is 2.23. The van der Waals surface area contributed by atoms with Gasteiger partial charge in [-0.25, -0.2) is 4.79 Å². The minimum atomic E-state index is -1.08. The van der Waals surface area contributed by atoms with Gasteiger partial charge in [0, 0.05) is 11.6 Å². The molecule has 0 unspecified atom stereocenters. The van der Waals surface area contributed by atoms with Gasteiger partial charge >= 0.3 is 5.97 Å². The van der Waals surface area contributed by atoms with Crippen LogP contribution in [0.2, 0.25) is 0 Å². The number of carboxylic acids is 1. The van der Waals surface area contributed by atoms with Gasteiger partial charge < -0.3 is 28.8 Å². The summed E-state index contributed by atoms with van der Waals surface area (Å²) in [5.74, 6) is 1.08. The van der Waals surface area contributed by atoms with E-state index < -0.39 is 18.7 Å². The molecule has 0 aliphatic carbocycles. The number of aliphatic carboxylic acids is 1. The molecule has 0 saturated heterocycles. The highest BCUT2D eigenvalue weighted by Crippen LogP contribution is 2.38. The third-order valence-electron chi connectivity index (χ3n) is 4.63. The molecule has 30 heavy (non-hydrogen) atoms. The lowest BCUT2D eigenvalue weighted by Gasteiger charge is -2.20. The Morgan fingerprint density at radius 2 is 1.53 bits per heavy atom. The Morgan fingerprint density at radius 3 is 2.17 bits per heavy atom. The van der Waals surface area contributed by atoms with Crippen molar-refractivity contribution in [1.82, 2.24) is 4.98 Å². The van der Waals surface area contributed by atoms with Crippen molar-refractivity contribution in [3.8, 4) is 23.0 Å². The molecule has 0 fully saturated rings. The van der Waals surface area contributed by atoms with Crippen LogP contribution >= 0.6 is 0 Å². The summed E-state index contributed by atoms with van der Waals surface area (Å²) < 4.78 is 27.2. The third kappa shape index (κ3) is 4.23. The quantitative estimate of drug-likeness (QED) is 0.570. The van der Waals surface area contributed by atoms with Crippen LogP contribution in [0.1, 0.15) is 17.4 Å². The summed E-state index contributed by atoms with van der Waals surface area (Å²) in [6, 6.07) is 10.7. The number of carbonyl (C=O) groups is 1. The maximum absolute atomic E-state index is 11.2. The zero-order valence-corrected chi connectivity index (χ0v) is 17.2. The molecule has 0 aliphatic rings. The van der Waals surface area contributed by atoms with E-state index in [0.29, 0.717) is 34.3 Å². The van der Waals surface area contributed by atoms with Crippen molar-refractivity contribution in [3.05, 3.63) is 53.9 Å². The predicted molar refractivity (Wildman–Crippen MR) is 110 cm³/mol. The van der Waals surface area contributed by atoms with Crippen molar-refractivity contribution in [1.29, 1.82) is 0 Å². The van der Waals surface area contributed by atoms with Gasteiger partial charge in [-0.05, 0) is 41.3 Å². The molecule has 1 atom stereocenters. The van der Waals surface area contributed by atoms with E-state index in [2.05, 4.69) is 4.98 Å². The number of rotatable bonds is 9. The fourth-order valence-electron chi connectivity index (χ4n) is 3.23. The second kappa shape index (κ2) is 9.32. The second-order valence-electron chi connectivity index (χ2n) is 6.32. The minimum Gasteiger partial charge on any atom is -0.493 e. The maximum atomic E-state index is 11.2. The van der Waals surface area contributed by atoms with Crippen LogP contribution in [0.5, 0.6) is 23.0 Å². The Morgan fingerprint density at radius 1 is 0.900 bits per heavy atom. The van der Waals surface area contributed by atoms with Gasteiger partial charge in [0.1, 0.15) is 12.7 Å². The lowest BCUT2D eigenvalue weighted by molar-refractivity contribution is -0.143. The molecule has 0 amide bonds. The van der Waals surface area contributed by atoms with Crippen molar-refractivity contribution < 1.29 is 33.6 Å². The van der Waals surface area contributed by atoms with E-state index in [1.165, 1.54) is 7.11 Å². The summed E-state index contributed by atoms with van der Waals surface area (Å²) >= 11 is 0. The van der Waals surface area contributed by atoms with Gasteiger partial charge in [-0.15, -0.1) is 0 Å². The molecular formula is C22H23NO7. The normalized spacial score (nSPS) is 11.7. The van der Waals surface area contributed by atoms with Crippen molar-refractivity contribution >= 4 is 16.7 Å². The van der Waals surface area contributed by atoms with Crippen LogP contribution in [0.4, 0.5) is 0 Å². The molecule has 0 saturated carbocycles. The summed E-state index contributed by atoms with van der Waals surface area (Å²) in [4.78, 5) is 15.7. The monoisotopic (exact) mass is 413 g/mol. The lowest BCUT2D eigenvalue weighted by atomic mass is 9.99. The van der Waals surface area contributed by atoms with Gasteiger partial charge in [0.05, 0.1) is 34.1 Å². The first-order chi connectivity index (χ1) is 14.5.